The molecule has 1 saturated heterocycles. The molecule has 3 rings (SSSR count). The summed E-state index contributed by atoms with van der Waals surface area (Å²) in [6.45, 7) is 2.59. The molecule has 0 radical (unpaired) electrons. The van der Waals surface area contributed by atoms with Crippen LogP contribution in [0, 0.1) is 0 Å². The smallest absolute Gasteiger partial charge is 0.243 e. The molecule has 0 unspecified atom stereocenters. The third-order valence-corrected chi connectivity index (χ3v) is 7.69. The monoisotopic (exact) mass is 448 g/mol. The summed E-state index contributed by atoms with van der Waals surface area (Å²) < 4.78 is 27.7. The van der Waals surface area contributed by atoms with Crippen molar-refractivity contribution in [3.05, 3.63) is 59.1 Å². The van der Waals surface area contributed by atoms with Gasteiger partial charge in [0.1, 0.15) is 0 Å². The van der Waals surface area contributed by atoms with E-state index >= 15 is 0 Å². The van der Waals surface area contributed by atoms with E-state index < -0.39 is 10.0 Å². The highest BCUT2D eigenvalue weighted by Crippen LogP contribution is 2.28. The number of hydrogen-bond acceptors (Lipinski definition) is 3. The quantitative estimate of drug-likeness (QED) is 0.599. The van der Waals surface area contributed by atoms with E-state index in [4.69, 9.17) is 11.6 Å². The summed E-state index contributed by atoms with van der Waals surface area (Å²) in [5, 5.41) is 3.40. The number of piperidine rings is 1. The van der Waals surface area contributed by atoms with Crippen molar-refractivity contribution in [3.8, 4) is 0 Å². The molecule has 0 aliphatic carbocycles. The van der Waals surface area contributed by atoms with Crippen LogP contribution >= 0.6 is 11.6 Å². The predicted molar refractivity (Wildman–Crippen MR) is 121 cm³/mol. The summed E-state index contributed by atoms with van der Waals surface area (Å²) in [4.78, 5) is 12.9. The number of nitrogens with one attached hydrogen (secondary N) is 1. The minimum Gasteiger partial charge on any atom is -0.326 e. The Morgan fingerprint density at radius 1 is 1.10 bits per heavy atom. The molecule has 1 N–H and O–H groups in total. The van der Waals surface area contributed by atoms with Gasteiger partial charge in [0.25, 0.3) is 0 Å². The molecule has 1 atom stereocenters. The normalized spacial score (nSPS) is 17.6. The van der Waals surface area contributed by atoms with Crippen LogP contribution in [0.2, 0.25) is 5.02 Å². The van der Waals surface area contributed by atoms with Crippen molar-refractivity contribution in [1.82, 2.24) is 4.31 Å². The zero-order valence-corrected chi connectivity index (χ0v) is 18.9. The maximum absolute atomic E-state index is 13.1. The minimum absolute atomic E-state index is 0.143. The van der Waals surface area contributed by atoms with Gasteiger partial charge >= 0.3 is 0 Å². The van der Waals surface area contributed by atoms with Gasteiger partial charge in [-0.05, 0) is 67.6 Å². The molecule has 7 heteroatoms. The lowest BCUT2D eigenvalue weighted by atomic mass is 10.0. The van der Waals surface area contributed by atoms with Gasteiger partial charge in [-0.3, -0.25) is 4.79 Å². The van der Waals surface area contributed by atoms with Crippen LogP contribution in [0.15, 0.2) is 53.4 Å². The number of carbonyl (C=O) groups is 1. The first-order chi connectivity index (χ1) is 14.4. The van der Waals surface area contributed by atoms with Gasteiger partial charge in [0, 0.05) is 29.7 Å². The largest absolute Gasteiger partial charge is 0.326 e. The minimum atomic E-state index is -3.67. The first-order valence-electron chi connectivity index (χ1n) is 10.6. The van der Waals surface area contributed by atoms with Crippen molar-refractivity contribution in [3.63, 3.8) is 0 Å². The summed E-state index contributed by atoms with van der Waals surface area (Å²) in [5.74, 6) is -0.167. The molecule has 162 valence electrons. The Bertz CT molecular complexity index is 943. The van der Waals surface area contributed by atoms with Gasteiger partial charge in [-0.15, -0.1) is 0 Å². The third-order valence-electron chi connectivity index (χ3n) is 5.47. The lowest BCUT2D eigenvalue weighted by molar-refractivity contribution is -0.117. The van der Waals surface area contributed by atoms with Crippen LogP contribution in [-0.4, -0.2) is 31.2 Å². The lowest BCUT2D eigenvalue weighted by Crippen LogP contribution is -2.45. The second kappa shape index (κ2) is 10.4. The van der Waals surface area contributed by atoms with E-state index in [1.54, 1.807) is 12.1 Å². The summed E-state index contributed by atoms with van der Waals surface area (Å²) in [5.41, 5.74) is 1.99. The number of nitrogens with zero attached hydrogens (tertiary/aromatic N) is 1. The molecule has 0 bridgehead atoms. The summed E-state index contributed by atoms with van der Waals surface area (Å²) in [6.07, 6.45) is 5.85. The molecule has 0 spiro atoms. The molecule has 30 heavy (non-hydrogen) atoms. The fourth-order valence-electron chi connectivity index (χ4n) is 3.80. The van der Waals surface area contributed by atoms with Gasteiger partial charge in [-0.25, -0.2) is 8.42 Å². The Balaban J connectivity index is 1.66. The maximum Gasteiger partial charge on any atom is 0.243 e. The van der Waals surface area contributed by atoms with Crippen LogP contribution in [0.25, 0.3) is 0 Å². The van der Waals surface area contributed by atoms with Crippen LogP contribution in [0.4, 0.5) is 5.69 Å². The molecule has 5 nitrogen and oxygen atoms in total. The van der Waals surface area contributed by atoms with Gasteiger partial charge in [0.2, 0.25) is 15.9 Å². The average molecular weight is 449 g/mol. The molecule has 1 amide bonds. The first kappa shape index (κ1) is 22.8. The van der Waals surface area contributed by atoms with Crippen LogP contribution in [-0.2, 0) is 21.2 Å². The fourth-order valence-corrected chi connectivity index (χ4v) is 5.62. The standard InChI is InChI=1S/C23H29ClN2O3S/c1-2-3-6-18-8-12-20(13-9-18)25-23(27)17-21-7-4-5-16-26(21)30(28,29)22-14-10-19(24)11-15-22/h8-15,21H,2-7,16-17H2,1H3,(H,25,27)/t21-/m0/s1. The van der Waals surface area contributed by atoms with Gasteiger partial charge in [0.05, 0.1) is 4.90 Å². The highest BCUT2D eigenvalue weighted by atomic mass is 35.5. The summed E-state index contributed by atoms with van der Waals surface area (Å²) in [7, 11) is -3.67. The third kappa shape index (κ3) is 5.84. The first-order valence-corrected chi connectivity index (χ1v) is 12.4. The Morgan fingerprint density at radius 2 is 1.80 bits per heavy atom. The average Bonchev–Trinajstić information content (AvgIpc) is 2.74. The predicted octanol–water partition coefficient (Wildman–Crippen LogP) is 5.25. The van der Waals surface area contributed by atoms with E-state index in [1.165, 1.54) is 22.0 Å². The van der Waals surface area contributed by atoms with Gasteiger partial charge in [-0.1, -0.05) is 43.5 Å². The highest BCUT2D eigenvalue weighted by molar-refractivity contribution is 7.89. The maximum atomic E-state index is 13.1. The van der Waals surface area contributed by atoms with Crippen molar-refractivity contribution in [1.29, 1.82) is 0 Å². The second-order valence-electron chi connectivity index (χ2n) is 7.77. The molecule has 2 aromatic rings. The number of sulfonamides is 1. The van der Waals surface area contributed by atoms with Crippen LogP contribution in [0.1, 0.15) is 51.0 Å². The Labute approximate surface area is 184 Å². The van der Waals surface area contributed by atoms with E-state index in [2.05, 4.69) is 12.2 Å². The van der Waals surface area contributed by atoms with Crippen LogP contribution in [0.5, 0.6) is 0 Å². The Morgan fingerprint density at radius 3 is 2.47 bits per heavy atom. The number of aryl methyl sites for hydroxylation is 1. The fraction of sp³-hybridized carbons (Fsp3) is 0.435. The van der Waals surface area contributed by atoms with E-state index in [9.17, 15) is 13.2 Å². The van der Waals surface area contributed by atoms with Crippen molar-refractivity contribution >= 4 is 33.2 Å². The van der Waals surface area contributed by atoms with Crippen molar-refractivity contribution in [2.45, 2.75) is 62.8 Å². The topological polar surface area (TPSA) is 66.5 Å². The van der Waals surface area contributed by atoms with Crippen molar-refractivity contribution in [2.24, 2.45) is 0 Å². The van der Waals surface area contributed by atoms with Crippen LogP contribution in [0.3, 0.4) is 0 Å². The van der Waals surface area contributed by atoms with Crippen molar-refractivity contribution < 1.29 is 13.2 Å². The van der Waals surface area contributed by atoms with E-state index in [1.807, 2.05) is 24.3 Å². The zero-order chi connectivity index (χ0) is 21.6. The molecule has 1 heterocycles. The Kier molecular flexibility index (Phi) is 7.92. The van der Waals surface area contributed by atoms with Gasteiger partial charge in [0.15, 0.2) is 0 Å². The Hall–Kier alpha value is -1.89. The molecular formula is C23H29ClN2O3S. The van der Waals surface area contributed by atoms with Crippen LogP contribution < -0.4 is 5.32 Å². The van der Waals surface area contributed by atoms with E-state index in [0.717, 1.165) is 37.8 Å². The number of anilines is 1. The van der Waals surface area contributed by atoms with E-state index in [-0.39, 0.29) is 23.3 Å². The molecule has 2 aromatic carbocycles. The van der Waals surface area contributed by atoms with Gasteiger partial charge < -0.3 is 5.32 Å². The zero-order valence-electron chi connectivity index (χ0n) is 17.3. The molecule has 0 aromatic heterocycles. The number of carbonyl (C=O) groups excluding carboxylic acids is 1. The molecule has 1 fully saturated rings. The SMILES string of the molecule is CCCCc1ccc(NC(=O)C[C@@H]2CCCCN2S(=O)(=O)c2ccc(Cl)cc2)cc1. The number of benzene rings is 2. The number of halogens is 1. The number of unbranched alkanes of at least 4 members (excludes halogenated alkanes) is 1. The number of amides is 1. The number of rotatable bonds is 8. The molecule has 0 saturated carbocycles. The summed E-state index contributed by atoms with van der Waals surface area (Å²) in [6, 6.07) is 13.7. The molecule has 1 aliphatic rings. The van der Waals surface area contributed by atoms with E-state index in [0.29, 0.717) is 18.0 Å². The van der Waals surface area contributed by atoms with Gasteiger partial charge in [-0.2, -0.15) is 4.31 Å². The number of hydrogen-bond donors (Lipinski definition) is 1. The molecular weight excluding hydrogens is 420 g/mol. The highest BCUT2D eigenvalue weighted by Gasteiger charge is 2.34. The second-order valence-corrected chi connectivity index (χ2v) is 10.1. The lowest BCUT2D eigenvalue weighted by Gasteiger charge is -2.34. The molecule has 1 aliphatic heterocycles. The summed E-state index contributed by atoms with van der Waals surface area (Å²) >= 11 is 5.90. The van der Waals surface area contributed by atoms with Crippen molar-refractivity contribution in [2.75, 3.05) is 11.9 Å².